The average Bonchev–Trinajstić information content (AvgIpc) is 3.02. The molecule has 0 aromatic carbocycles. The molecule has 1 heterocycles. The average molecular weight is 326 g/mol. The molecule has 0 N–H and O–H groups in total. The van der Waals surface area contributed by atoms with Gasteiger partial charge in [0.1, 0.15) is 12.2 Å². The van der Waals surface area contributed by atoms with Crippen LogP contribution in [0.5, 0.6) is 0 Å². The molecule has 5 atom stereocenters. The van der Waals surface area contributed by atoms with Gasteiger partial charge in [0.2, 0.25) is 0 Å². The second kappa shape index (κ2) is 4.35. The molecular weight excluding hydrogens is 314 g/mol. The number of ether oxygens (including phenoxy) is 2. The molecule has 1 aliphatic heterocycles. The summed E-state index contributed by atoms with van der Waals surface area (Å²) in [5.41, 5.74) is 0. The maximum atomic E-state index is 13.5. The molecule has 10 heteroatoms. The van der Waals surface area contributed by atoms with Crippen LogP contribution in [0.4, 0.5) is 8.78 Å². The van der Waals surface area contributed by atoms with Crippen LogP contribution < -0.4 is 0 Å². The quantitative estimate of drug-likeness (QED) is 0.532. The summed E-state index contributed by atoms with van der Waals surface area (Å²) < 4.78 is 62.5. The molecule has 2 bridgehead atoms. The summed E-state index contributed by atoms with van der Waals surface area (Å²) in [6.45, 7) is 0. The monoisotopic (exact) mass is 326 g/mol. The summed E-state index contributed by atoms with van der Waals surface area (Å²) in [4.78, 5) is 23.0. The van der Waals surface area contributed by atoms with E-state index in [1.807, 2.05) is 0 Å². The number of alkyl halides is 2. The van der Waals surface area contributed by atoms with Gasteiger partial charge in [-0.3, -0.25) is 8.98 Å². The first-order chi connectivity index (χ1) is 9.69. The standard InChI is InChI=1S/C11H12F2O7S/c1-18-21(16,17)11(12,13)10(15)20-7-4-2-5-6(3-4)9(14)19-8(5)7/h4-8H,2-3H2,1H3. The fraction of sp³-hybridized carbons (Fsp3) is 0.818. The Morgan fingerprint density at radius 3 is 2.67 bits per heavy atom. The number of esters is 2. The van der Waals surface area contributed by atoms with Crippen LogP contribution in [0.3, 0.4) is 0 Å². The third-order valence-corrected chi connectivity index (χ3v) is 5.66. The van der Waals surface area contributed by atoms with Crippen LogP contribution in [-0.4, -0.2) is 44.9 Å². The Labute approximate surface area is 118 Å². The number of carbonyl (C=O) groups excluding carboxylic acids is 2. The van der Waals surface area contributed by atoms with Gasteiger partial charge >= 0.3 is 27.3 Å². The highest BCUT2D eigenvalue weighted by atomic mass is 32.2. The number of halogens is 2. The van der Waals surface area contributed by atoms with Crippen molar-refractivity contribution in [2.75, 3.05) is 7.11 Å². The third-order valence-electron chi connectivity index (χ3n) is 4.43. The van der Waals surface area contributed by atoms with E-state index in [9.17, 15) is 26.8 Å². The van der Waals surface area contributed by atoms with Crippen LogP contribution in [0, 0.1) is 17.8 Å². The zero-order valence-corrected chi connectivity index (χ0v) is 11.6. The summed E-state index contributed by atoms with van der Waals surface area (Å²) in [5.74, 6) is -3.30. The van der Waals surface area contributed by atoms with Crippen molar-refractivity contribution in [1.82, 2.24) is 0 Å². The van der Waals surface area contributed by atoms with E-state index in [0.717, 1.165) is 0 Å². The number of fused-ring (bicyclic) bond motifs is 1. The molecule has 0 amide bonds. The number of hydrogen-bond acceptors (Lipinski definition) is 7. The minimum absolute atomic E-state index is 0.145. The van der Waals surface area contributed by atoms with E-state index < -0.39 is 39.5 Å². The smallest absolute Gasteiger partial charge is 0.458 e. The van der Waals surface area contributed by atoms with Crippen molar-refractivity contribution in [1.29, 1.82) is 0 Å². The molecule has 0 spiro atoms. The molecule has 7 nitrogen and oxygen atoms in total. The number of hydrogen-bond donors (Lipinski definition) is 0. The van der Waals surface area contributed by atoms with Gasteiger partial charge in [-0.15, -0.1) is 0 Å². The molecule has 0 aromatic rings. The molecular formula is C11H12F2O7S. The van der Waals surface area contributed by atoms with Gasteiger partial charge in [0.25, 0.3) is 0 Å². The van der Waals surface area contributed by atoms with Crippen molar-refractivity contribution < 1.29 is 40.4 Å². The Kier molecular flexibility index (Phi) is 3.04. The molecule has 5 unspecified atom stereocenters. The zero-order valence-electron chi connectivity index (χ0n) is 10.8. The summed E-state index contributed by atoms with van der Waals surface area (Å²) in [6.07, 6.45) is -0.836. The van der Waals surface area contributed by atoms with Crippen molar-refractivity contribution in [3.63, 3.8) is 0 Å². The molecule has 0 aromatic heterocycles. The van der Waals surface area contributed by atoms with Crippen LogP contribution >= 0.6 is 0 Å². The summed E-state index contributed by atoms with van der Waals surface area (Å²) in [5, 5.41) is -4.80. The van der Waals surface area contributed by atoms with Crippen molar-refractivity contribution in [3.05, 3.63) is 0 Å². The van der Waals surface area contributed by atoms with Crippen LogP contribution in [-0.2, 0) is 33.4 Å². The van der Waals surface area contributed by atoms with E-state index in [1.54, 1.807) is 0 Å². The van der Waals surface area contributed by atoms with Crippen molar-refractivity contribution >= 4 is 22.1 Å². The summed E-state index contributed by atoms with van der Waals surface area (Å²) in [6, 6.07) is 0. The lowest BCUT2D eigenvalue weighted by Gasteiger charge is -2.26. The predicted molar refractivity (Wildman–Crippen MR) is 60.3 cm³/mol. The first kappa shape index (κ1) is 14.6. The molecule has 3 rings (SSSR count). The van der Waals surface area contributed by atoms with Gasteiger partial charge < -0.3 is 9.47 Å². The molecule has 3 aliphatic rings. The highest BCUT2D eigenvalue weighted by Crippen LogP contribution is 2.55. The second-order valence-corrected chi connectivity index (χ2v) is 7.17. The Bertz CT molecular complexity index is 602. The van der Waals surface area contributed by atoms with Gasteiger partial charge in [0.15, 0.2) is 0 Å². The van der Waals surface area contributed by atoms with E-state index >= 15 is 0 Å². The topological polar surface area (TPSA) is 96.0 Å². The lowest BCUT2D eigenvalue weighted by atomic mass is 9.88. The van der Waals surface area contributed by atoms with Crippen molar-refractivity contribution in [2.24, 2.45) is 17.8 Å². The maximum absolute atomic E-state index is 13.5. The van der Waals surface area contributed by atoms with Gasteiger partial charge in [-0.05, 0) is 12.8 Å². The van der Waals surface area contributed by atoms with Gasteiger partial charge in [0, 0.05) is 11.8 Å². The second-order valence-electron chi connectivity index (χ2n) is 5.41. The highest BCUT2D eigenvalue weighted by molar-refractivity contribution is 7.88. The normalized spacial score (nSPS) is 37.7. The minimum Gasteiger partial charge on any atom is -0.458 e. The molecule has 118 valence electrons. The van der Waals surface area contributed by atoms with Gasteiger partial charge in [-0.1, -0.05) is 0 Å². The largest absolute Gasteiger partial charge is 0.466 e. The van der Waals surface area contributed by atoms with Crippen molar-refractivity contribution in [2.45, 2.75) is 30.3 Å². The highest BCUT2D eigenvalue weighted by Gasteiger charge is 2.65. The summed E-state index contributed by atoms with van der Waals surface area (Å²) in [7, 11) is -4.87. The minimum atomic E-state index is -5.39. The Morgan fingerprint density at radius 1 is 1.38 bits per heavy atom. The summed E-state index contributed by atoms with van der Waals surface area (Å²) >= 11 is 0. The van der Waals surface area contributed by atoms with E-state index in [4.69, 9.17) is 4.74 Å². The fourth-order valence-electron chi connectivity index (χ4n) is 3.46. The van der Waals surface area contributed by atoms with Gasteiger partial charge in [0.05, 0.1) is 13.0 Å². The molecule has 1 saturated heterocycles. The molecule has 2 saturated carbocycles. The Morgan fingerprint density at radius 2 is 2.05 bits per heavy atom. The molecule has 3 fully saturated rings. The van der Waals surface area contributed by atoms with Crippen LogP contribution in [0.2, 0.25) is 0 Å². The Balaban J connectivity index is 1.77. The van der Waals surface area contributed by atoms with Gasteiger partial charge in [-0.2, -0.15) is 17.2 Å². The Hall–Kier alpha value is -1.29. The van der Waals surface area contributed by atoms with E-state index in [1.165, 1.54) is 0 Å². The fourth-order valence-corrected chi connectivity index (χ4v) is 3.93. The zero-order chi connectivity index (χ0) is 15.6. The third kappa shape index (κ3) is 1.88. The SMILES string of the molecule is COS(=O)(=O)C(F)(F)C(=O)OC1C2CC3C(=O)OC1C3C2. The first-order valence-corrected chi connectivity index (χ1v) is 7.69. The lowest BCUT2D eigenvalue weighted by molar-refractivity contribution is -0.176. The first-order valence-electron chi connectivity index (χ1n) is 6.28. The van der Waals surface area contributed by atoms with E-state index in [-0.39, 0.29) is 17.8 Å². The predicted octanol–water partition coefficient (Wildman–Crippen LogP) is 0.0486. The van der Waals surface area contributed by atoms with Crippen LogP contribution in [0.1, 0.15) is 12.8 Å². The molecule has 2 aliphatic carbocycles. The van der Waals surface area contributed by atoms with Crippen molar-refractivity contribution in [3.8, 4) is 0 Å². The number of carbonyl (C=O) groups is 2. The maximum Gasteiger partial charge on any atom is 0.466 e. The van der Waals surface area contributed by atoms with Crippen LogP contribution in [0.25, 0.3) is 0 Å². The lowest BCUT2D eigenvalue weighted by Crippen LogP contribution is -2.45. The van der Waals surface area contributed by atoms with E-state index in [2.05, 4.69) is 8.92 Å². The van der Waals surface area contributed by atoms with Gasteiger partial charge in [-0.25, -0.2) is 4.79 Å². The number of rotatable bonds is 4. The molecule has 0 radical (unpaired) electrons. The molecule has 21 heavy (non-hydrogen) atoms. The van der Waals surface area contributed by atoms with E-state index in [0.29, 0.717) is 20.0 Å². The van der Waals surface area contributed by atoms with Crippen LogP contribution in [0.15, 0.2) is 0 Å².